The van der Waals surface area contributed by atoms with Gasteiger partial charge in [-0.2, -0.15) is 0 Å². The number of amides is 1. The van der Waals surface area contributed by atoms with Gasteiger partial charge in [-0.05, 0) is 36.4 Å². The number of carbonyl (C=O) groups is 1. The van der Waals surface area contributed by atoms with Crippen molar-refractivity contribution >= 4 is 34.1 Å². The standard InChI is InChI=1S/C21H16ClN3O2/c22-16-8-6-14(7-9-16)18-13-24-20(27-18)11-10-19(26)25-17-5-1-3-15-4-2-12-23-21(15)17/h1-9,12-13H,10-11H2,(H,25,26). The topological polar surface area (TPSA) is 68.0 Å². The van der Waals surface area contributed by atoms with Crippen molar-refractivity contribution in [2.45, 2.75) is 12.8 Å². The third-order valence-corrected chi connectivity index (χ3v) is 4.41. The molecular weight excluding hydrogens is 362 g/mol. The Morgan fingerprint density at radius 2 is 1.85 bits per heavy atom. The number of pyridine rings is 1. The molecule has 1 N–H and O–H groups in total. The van der Waals surface area contributed by atoms with Gasteiger partial charge < -0.3 is 9.73 Å². The lowest BCUT2D eigenvalue weighted by Crippen LogP contribution is -2.12. The molecule has 0 fully saturated rings. The Morgan fingerprint density at radius 3 is 2.70 bits per heavy atom. The van der Waals surface area contributed by atoms with Gasteiger partial charge in [-0.1, -0.05) is 29.8 Å². The number of fused-ring (bicyclic) bond motifs is 1. The Bertz CT molecular complexity index is 1080. The van der Waals surface area contributed by atoms with E-state index in [4.69, 9.17) is 16.0 Å². The quantitative estimate of drug-likeness (QED) is 0.524. The number of oxazole rings is 1. The van der Waals surface area contributed by atoms with Crippen molar-refractivity contribution in [1.82, 2.24) is 9.97 Å². The summed E-state index contributed by atoms with van der Waals surface area (Å²) >= 11 is 5.90. The first-order chi connectivity index (χ1) is 13.2. The molecule has 6 heteroatoms. The van der Waals surface area contributed by atoms with Crippen LogP contribution in [0.5, 0.6) is 0 Å². The SMILES string of the molecule is O=C(CCc1ncc(-c2ccc(Cl)cc2)o1)Nc1cccc2cccnc12. The van der Waals surface area contributed by atoms with Crippen molar-refractivity contribution in [3.8, 4) is 11.3 Å². The number of rotatable bonds is 5. The van der Waals surface area contributed by atoms with E-state index in [1.807, 2.05) is 42.5 Å². The summed E-state index contributed by atoms with van der Waals surface area (Å²) in [5, 5.41) is 4.56. The molecule has 2 aromatic carbocycles. The summed E-state index contributed by atoms with van der Waals surface area (Å²) in [5.41, 5.74) is 2.37. The monoisotopic (exact) mass is 377 g/mol. The second-order valence-electron chi connectivity index (χ2n) is 6.05. The molecule has 0 saturated carbocycles. The summed E-state index contributed by atoms with van der Waals surface area (Å²) < 4.78 is 5.73. The van der Waals surface area contributed by atoms with Crippen LogP contribution in [0.2, 0.25) is 5.02 Å². The van der Waals surface area contributed by atoms with Crippen molar-refractivity contribution in [3.63, 3.8) is 0 Å². The van der Waals surface area contributed by atoms with Crippen LogP contribution in [0.15, 0.2) is 71.4 Å². The molecule has 2 aromatic heterocycles. The van der Waals surface area contributed by atoms with Gasteiger partial charge >= 0.3 is 0 Å². The highest BCUT2D eigenvalue weighted by Gasteiger charge is 2.11. The van der Waals surface area contributed by atoms with Crippen LogP contribution in [0.25, 0.3) is 22.2 Å². The van der Waals surface area contributed by atoms with Gasteiger partial charge in [-0.25, -0.2) is 4.98 Å². The first kappa shape index (κ1) is 17.2. The molecule has 0 atom stereocenters. The van der Waals surface area contributed by atoms with Gasteiger partial charge in [0.2, 0.25) is 5.91 Å². The summed E-state index contributed by atoms with van der Waals surface area (Å²) in [6.45, 7) is 0. The van der Waals surface area contributed by atoms with Crippen LogP contribution in [0.4, 0.5) is 5.69 Å². The minimum Gasteiger partial charge on any atom is -0.441 e. The average molecular weight is 378 g/mol. The van der Waals surface area contributed by atoms with E-state index in [0.717, 1.165) is 16.5 Å². The van der Waals surface area contributed by atoms with E-state index in [1.54, 1.807) is 24.5 Å². The van der Waals surface area contributed by atoms with Gasteiger partial charge in [0, 0.05) is 35.0 Å². The number of benzene rings is 2. The molecule has 0 aliphatic heterocycles. The second kappa shape index (κ2) is 7.60. The van der Waals surface area contributed by atoms with Crippen LogP contribution in [0, 0.1) is 0 Å². The third-order valence-electron chi connectivity index (χ3n) is 4.16. The number of aryl methyl sites for hydroxylation is 1. The molecular formula is C21H16ClN3O2. The zero-order chi connectivity index (χ0) is 18.6. The molecule has 0 spiro atoms. The summed E-state index contributed by atoms with van der Waals surface area (Å²) in [6, 6.07) is 16.9. The lowest BCUT2D eigenvalue weighted by atomic mass is 10.2. The summed E-state index contributed by atoms with van der Waals surface area (Å²) in [6.07, 6.45) is 4.05. The first-order valence-electron chi connectivity index (χ1n) is 8.53. The minimum absolute atomic E-state index is 0.112. The molecule has 27 heavy (non-hydrogen) atoms. The Hall–Kier alpha value is -3.18. The number of aromatic nitrogens is 2. The molecule has 2 heterocycles. The molecule has 4 rings (SSSR count). The van der Waals surface area contributed by atoms with E-state index in [0.29, 0.717) is 28.8 Å². The lowest BCUT2D eigenvalue weighted by Gasteiger charge is -2.07. The fourth-order valence-corrected chi connectivity index (χ4v) is 2.94. The highest BCUT2D eigenvalue weighted by molar-refractivity contribution is 6.30. The van der Waals surface area contributed by atoms with Crippen LogP contribution in [0.1, 0.15) is 12.3 Å². The normalized spacial score (nSPS) is 10.9. The van der Waals surface area contributed by atoms with Crippen LogP contribution < -0.4 is 5.32 Å². The molecule has 134 valence electrons. The van der Waals surface area contributed by atoms with Crippen LogP contribution >= 0.6 is 11.6 Å². The number of halogens is 1. The fraction of sp³-hybridized carbons (Fsp3) is 0.0952. The fourth-order valence-electron chi connectivity index (χ4n) is 2.81. The molecule has 0 aliphatic rings. The van der Waals surface area contributed by atoms with Crippen molar-refractivity contribution in [3.05, 3.63) is 77.9 Å². The molecule has 0 radical (unpaired) electrons. The van der Waals surface area contributed by atoms with E-state index in [2.05, 4.69) is 15.3 Å². The van der Waals surface area contributed by atoms with E-state index in [-0.39, 0.29) is 12.3 Å². The molecule has 5 nitrogen and oxygen atoms in total. The summed E-state index contributed by atoms with van der Waals surface area (Å²) in [7, 11) is 0. The lowest BCUT2D eigenvalue weighted by molar-refractivity contribution is -0.116. The summed E-state index contributed by atoms with van der Waals surface area (Å²) in [5.74, 6) is 1.06. The molecule has 0 unspecified atom stereocenters. The molecule has 0 aliphatic carbocycles. The van der Waals surface area contributed by atoms with E-state index in [1.165, 1.54) is 0 Å². The van der Waals surface area contributed by atoms with Gasteiger partial charge in [0.1, 0.15) is 0 Å². The minimum atomic E-state index is -0.112. The molecule has 0 bridgehead atoms. The Balaban J connectivity index is 1.40. The van der Waals surface area contributed by atoms with Crippen molar-refractivity contribution < 1.29 is 9.21 Å². The number of nitrogens with one attached hydrogen (secondary N) is 1. The van der Waals surface area contributed by atoms with Gasteiger partial charge in [-0.15, -0.1) is 0 Å². The maximum absolute atomic E-state index is 12.3. The number of para-hydroxylation sites is 1. The third kappa shape index (κ3) is 3.99. The predicted octanol–water partition coefficient (Wildman–Crippen LogP) is 5.11. The Labute approximate surface area is 161 Å². The van der Waals surface area contributed by atoms with Gasteiger partial charge in [0.15, 0.2) is 11.7 Å². The van der Waals surface area contributed by atoms with E-state index in [9.17, 15) is 4.79 Å². The van der Waals surface area contributed by atoms with Crippen molar-refractivity contribution in [2.24, 2.45) is 0 Å². The highest BCUT2D eigenvalue weighted by Crippen LogP contribution is 2.23. The Kier molecular flexibility index (Phi) is 4.85. The Morgan fingerprint density at radius 1 is 1.04 bits per heavy atom. The van der Waals surface area contributed by atoms with Gasteiger partial charge in [0.05, 0.1) is 17.4 Å². The van der Waals surface area contributed by atoms with Crippen LogP contribution in [0.3, 0.4) is 0 Å². The largest absolute Gasteiger partial charge is 0.441 e. The van der Waals surface area contributed by atoms with Crippen LogP contribution in [-0.4, -0.2) is 15.9 Å². The average Bonchev–Trinajstić information content (AvgIpc) is 3.16. The molecule has 4 aromatic rings. The number of hydrogen-bond donors (Lipinski definition) is 1. The maximum Gasteiger partial charge on any atom is 0.224 e. The number of anilines is 1. The van der Waals surface area contributed by atoms with Gasteiger partial charge in [-0.3, -0.25) is 9.78 Å². The van der Waals surface area contributed by atoms with Crippen molar-refractivity contribution in [1.29, 1.82) is 0 Å². The predicted molar refractivity (Wildman–Crippen MR) is 106 cm³/mol. The zero-order valence-electron chi connectivity index (χ0n) is 14.4. The molecule has 1 amide bonds. The van der Waals surface area contributed by atoms with E-state index >= 15 is 0 Å². The van der Waals surface area contributed by atoms with Gasteiger partial charge in [0.25, 0.3) is 0 Å². The van der Waals surface area contributed by atoms with Crippen LogP contribution in [-0.2, 0) is 11.2 Å². The zero-order valence-corrected chi connectivity index (χ0v) is 15.1. The van der Waals surface area contributed by atoms with E-state index < -0.39 is 0 Å². The maximum atomic E-state index is 12.3. The number of nitrogens with zero attached hydrogens (tertiary/aromatic N) is 2. The first-order valence-corrected chi connectivity index (χ1v) is 8.91. The highest BCUT2D eigenvalue weighted by atomic mass is 35.5. The molecule has 0 saturated heterocycles. The smallest absolute Gasteiger partial charge is 0.224 e. The summed E-state index contributed by atoms with van der Waals surface area (Å²) in [4.78, 5) is 20.9. The second-order valence-corrected chi connectivity index (χ2v) is 6.49. The number of carbonyl (C=O) groups excluding carboxylic acids is 1. The number of hydrogen-bond acceptors (Lipinski definition) is 4. The van der Waals surface area contributed by atoms with Crippen molar-refractivity contribution in [2.75, 3.05) is 5.32 Å².